The van der Waals surface area contributed by atoms with E-state index in [9.17, 15) is 0 Å². The summed E-state index contributed by atoms with van der Waals surface area (Å²) in [4.78, 5) is 17.1. The van der Waals surface area contributed by atoms with Crippen LogP contribution >= 0.6 is 0 Å². The van der Waals surface area contributed by atoms with Crippen LogP contribution < -0.4 is 15.1 Å². The van der Waals surface area contributed by atoms with E-state index in [1.165, 1.54) is 50.2 Å². The van der Waals surface area contributed by atoms with Gasteiger partial charge in [-0.05, 0) is 81.2 Å². The van der Waals surface area contributed by atoms with Gasteiger partial charge in [-0.1, -0.05) is 6.07 Å². The number of nitrogens with zero attached hydrogens (tertiary/aromatic N) is 7. The van der Waals surface area contributed by atoms with E-state index in [1.54, 1.807) is 0 Å². The summed E-state index contributed by atoms with van der Waals surface area (Å²) in [5.41, 5.74) is 2.12. The third-order valence-corrected chi connectivity index (χ3v) is 8.70. The molecule has 0 aromatic carbocycles. The van der Waals surface area contributed by atoms with Gasteiger partial charge < -0.3 is 24.6 Å². The molecule has 3 aliphatic rings. The molecule has 8 heteroatoms. The van der Waals surface area contributed by atoms with Crippen LogP contribution in [0.5, 0.6) is 0 Å². The van der Waals surface area contributed by atoms with Crippen LogP contribution in [0, 0.1) is 11.8 Å². The molecule has 3 fully saturated rings. The molecule has 4 aromatic rings. The summed E-state index contributed by atoms with van der Waals surface area (Å²) < 4.78 is 4.54. The highest BCUT2D eigenvalue weighted by atomic mass is 15.3. The summed E-state index contributed by atoms with van der Waals surface area (Å²) in [5, 5.41) is 4.68. The Balaban J connectivity index is 0.991. The topological polar surface area (TPSA) is 56.9 Å². The first kappa shape index (κ1) is 22.1. The van der Waals surface area contributed by atoms with Gasteiger partial charge in [-0.3, -0.25) is 4.40 Å². The first-order valence-corrected chi connectivity index (χ1v) is 13.6. The van der Waals surface area contributed by atoms with Gasteiger partial charge in [0.1, 0.15) is 22.9 Å². The minimum atomic E-state index is 0.935. The molecule has 0 saturated carbocycles. The van der Waals surface area contributed by atoms with E-state index >= 15 is 0 Å². The Morgan fingerprint density at radius 3 is 2.44 bits per heavy atom. The SMILES string of the molecule is c1cc(N2CCN(c3ccc4ccn(CCN5CCC(C6CNC6)CC5)c4n3)CC2)n2ccnc2c1. The lowest BCUT2D eigenvalue weighted by Crippen LogP contribution is -2.49. The molecule has 0 spiro atoms. The molecule has 8 nitrogen and oxygen atoms in total. The smallest absolute Gasteiger partial charge is 0.142 e. The van der Waals surface area contributed by atoms with Crippen LogP contribution in [0.25, 0.3) is 16.7 Å². The number of hydrogen-bond donors (Lipinski definition) is 1. The van der Waals surface area contributed by atoms with Crippen molar-refractivity contribution in [2.75, 3.05) is 68.7 Å². The molecule has 1 N–H and O–H groups in total. The second-order valence-electron chi connectivity index (χ2n) is 10.7. The van der Waals surface area contributed by atoms with E-state index < -0.39 is 0 Å². The fraction of sp³-hybridized carbons (Fsp3) is 0.500. The Hall–Kier alpha value is -3.10. The zero-order valence-corrected chi connectivity index (χ0v) is 21.0. The number of aromatic nitrogens is 4. The first-order chi connectivity index (χ1) is 17.8. The van der Waals surface area contributed by atoms with Gasteiger partial charge in [0.25, 0.3) is 0 Å². The van der Waals surface area contributed by atoms with Gasteiger partial charge in [-0.25, -0.2) is 9.97 Å². The molecule has 0 bridgehead atoms. The minimum Gasteiger partial charge on any atom is -0.354 e. The summed E-state index contributed by atoms with van der Waals surface area (Å²) >= 11 is 0. The number of piperidine rings is 1. The lowest BCUT2D eigenvalue weighted by atomic mass is 9.81. The molecule has 7 rings (SSSR count). The minimum absolute atomic E-state index is 0.935. The van der Waals surface area contributed by atoms with Crippen LogP contribution in [0.2, 0.25) is 0 Å². The second-order valence-corrected chi connectivity index (χ2v) is 10.7. The van der Waals surface area contributed by atoms with Crippen molar-refractivity contribution in [3.8, 4) is 0 Å². The molecule has 3 aliphatic heterocycles. The van der Waals surface area contributed by atoms with Crippen molar-refractivity contribution in [2.24, 2.45) is 11.8 Å². The number of piperazine rings is 1. The molecule has 7 heterocycles. The summed E-state index contributed by atoms with van der Waals surface area (Å²) in [6.07, 6.45) is 8.87. The van der Waals surface area contributed by atoms with Crippen molar-refractivity contribution in [3.63, 3.8) is 0 Å². The maximum absolute atomic E-state index is 5.15. The van der Waals surface area contributed by atoms with E-state index in [-0.39, 0.29) is 0 Å². The predicted octanol–water partition coefficient (Wildman–Crippen LogP) is 2.94. The zero-order chi connectivity index (χ0) is 23.9. The van der Waals surface area contributed by atoms with Crippen LogP contribution in [0.4, 0.5) is 11.6 Å². The van der Waals surface area contributed by atoms with Crippen molar-refractivity contribution < 1.29 is 0 Å². The van der Waals surface area contributed by atoms with Gasteiger partial charge in [0.05, 0.1) is 0 Å². The highest BCUT2D eigenvalue weighted by Gasteiger charge is 2.30. The number of imidazole rings is 1. The monoisotopic (exact) mass is 484 g/mol. The molecule has 188 valence electrons. The number of fused-ring (bicyclic) bond motifs is 2. The quantitative estimate of drug-likeness (QED) is 0.454. The van der Waals surface area contributed by atoms with Crippen molar-refractivity contribution in [2.45, 2.75) is 19.4 Å². The van der Waals surface area contributed by atoms with Gasteiger partial charge in [0.15, 0.2) is 0 Å². The average molecular weight is 485 g/mol. The third kappa shape index (κ3) is 4.12. The molecule has 0 atom stereocenters. The molecule has 3 saturated heterocycles. The van der Waals surface area contributed by atoms with E-state index in [2.05, 4.69) is 82.8 Å². The Labute approximate surface area is 212 Å². The predicted molar refractivity (Wildman–Crippen MR) is 145 cm³/mol. The Kier molecular flexibility index (Phi) is 5.78. The van der Waals surface area contributed by atoms with E-state index in [4.69, 9.17) is 4.98 Å². The van der Waals surface area contributed by atoms with Crippen molar-refractivity contribution >= 4 is 28.3 Å². The maximum Gasteiger partial charge on any atom is 0.142 e. The van der Waals surface area contributed by atoms with Gasteiger partial charge in [0.2, 0.25) is 0 Å². The lowest BCUT2D eigenvalue weighted by molar-refractivity contribution is 0.118. The third-order valence-electron chi connectivity index (χ3n) is 8.70. The number of pyridine rings is 2. The van der Waals surface area contributed by atoms with Crippen LogP contribution in [-0.4, -0.2) is 82.7 Å². The molecule has 4 aromatic heterocycles. The Bertz CT molecular complexity index is 1320. The van der Waals surface area contributed by atoms with E-state index in [1.807, 2.05) is 6.20 Å². The molecule has 0 aliphatic carbocycles. The summed E-state index contributed by atoms with van der Waals surface area (Å²) in [5.74, 6) is 4.19. The largest absolute Gasteiger partial charge is 0.354 e. The highest BCUT2D eigenvalue weighted by molar-refractivity contribution is 5.78. The number of likely N-dealkylation sites (tertiary alicyclic amines) is 1. The lowest BCUT2D eigenvalue weighted by Gasteiger charge is -2.40. The molecule has 0 amide bonds. The number of nitrogens with one attached hydrogen (secondary N) is 1. The van der Waals surface area contributed by atoms with E-state index in [0.717, 1.165) is 68.2 Å². The molecule has 0 radical (unpaired) electrons. The molecule has 0 unspecified atom stereocenters. The highest BCUT2D eigenvalue weighted by Crippen LogP contribution is 2.28. The zero-order valence-electron chi connectivity index (χ0n) is 21.0. The summed E-state index contributed by atoms with van der Waals surface area (Å²) in [6, 6.07) is 13.0. The normalized spacial score (nSPS) is 20.4. The van der Waals surface area contributed by atoms with Crippen LogP contribution in [0.3, 0.4) is 0 Å². The van der Waals surface area contributed by atoms with Crippen molar-refractivity contribution in [1.29, 1.82) is 0 Å². The van der Waals surface area contributed by atoms with Gasteiger partial charge in [-0.15, -0.1) is 0 Å². The summed E-state index contributed by atoms with van der Waals surface area (Å²) in [7, 11) is 0. The number of rotatable bonds is 6. The fourth-order valence-corrected chi connectivity index (χ4v) is 6.30. The van der Waals surface area contributed by atoms with Crippen LogP contribution in [-0.2, 0) is 6.54 Å². The van der Waals surface area contributed by atoms with Gasteiger partial charge >= 0.3 is 0 Å². The van der Waals surface area contributed by atoms with E-state index in [0.29, 0.717) is 0 Å². The van der Waals surface area contributed by atoms with Gasteiger partial charge in [0, 0.05) is 63.2 Å². The molecular formula is C28H36N8. The first-order valence-electron chi connectivity index (χ1n) is 13.6. The second kappa shape index (κ2) is 9.41. The fourth-order valence-electron chi connectivity index (χ4n) is 6.30. The van der Waals surface area contributed by atoms with Crippen LogP contribution in [0.1, 0.15) is 12.8 Å². The number of anilines is 2. The maximum atomic E-state index is 5.15. The van der Waals surface area contributed by atoms with Crippen molar-refractivity contribution in [1.82, 2.24) is 29.2 Å². The average Bonchev–Trinajstić information content (AvgIpc) is 3.54. The van der Waals surface area contributed by atoms with Crippen molar-refractivity contribution in [3.05, 3.63) is 55.0 Å². The van der Waals surface area contributed by atoms with Gasteiger partial charge in [-0.2, -0.15) is 0 Å². The number of hydrogen-bond acceptors (Lipinski definition) is 6. The molecule has 36 heavy (non-hydrogen) atoms. The van der Waals surface area contributed by atoms with Crippen LogP contribution in [0.15, 0.2) is 55.0 Å². The Morgan fingerprint density at radius 1 is 0.806 bits per heavy atom. The Morgan fingerprint density at radius 2 is 1.64 bits per heavy atom. The molecular weight excluding hydrogens is 448 g/mol. The standard InChI is InChI=1S/C28H36N8/c1-2-25-30-9-13-36(25)27(3-1)34-18-16-33(17-19-34)26-5-4-23-8-12-35(28(23)31-26)15-14-32-10-6-22(7-11-32)24-20-29-21-24/h1-5,8-9,12-13,22,24,29H,6-7,10-11,14-21H2. The summed E-state index contributed by atoms with van der Waals surface area (Å²) in [6.45, 7) is 11.0.